The van der Waals surface area contributed by atoms with Gasteiger partial charge in [-0.1, -0.05) is 33.8 Å². The second-order valence-electron chi connectivity index (χ2n) is 7.06. The number of methoxy groups -OCH3 is 2. The molecule has 0 bridgehead atoms. The Labute approximate surface area is 217 Å². The lowest BCUT2D eigenvalue weighted by Crippen LogP contribution is -2.44. The summed E-state index contributed by atoms with van der Waals surface area (Å²) in [5, 5.41) is 15.6. The van der Waals surface area contributed by atoms with Gasteiger partial charge in [0.15, 0.2) is 0 Å². The number of nitrogens with one attached hydrogen (secondary N) is 2. The Bertz CT molecular complexity index is 1190. The van der Waals surface area contributed by atoms with Crippen LogP contribution >= 0.6 is 43.6 Å². The van der Waals surface area contributed by atoms with Gasteiger partial charge >= 0.3 is 5.97 Å². The molecule has 2 amide bonds. The molecule has 0 saturated carbocycles. The van der Waals surface area contributed by atoms with Crippen LogP contribution in [0.15, 0.2) is 62.0 Å². The van der Waals surface area contributed by atoms with Gasteiger partial charge < -0.3 is 20.1 Å². The molecule has 0 unspecified atom stereocenters. The third-order valence-electron chi connectivity index (χ3n) is 4.99. The number of amides is 2. The normalized spacial score (nSPS) is 17.4. The Hall–Kier alpha value is -2.81. The molecule has 0 saturated heterocycles. The number of esters is 1. The average molecular weight is 609 g/mol. The summed E-state index contributed by atoms with van der Waals surface area (Å²) in [6.07, 6.45) is 0. The minimum atomic E-state index is -1.26. The van der Waals surface area contributed by atoms with Crippen molar-refractivity contribution >= 4 is 67.1 Å². The zero-order valence-electron chi connectivity index (χ0n) is 18.1. The average Bonchev–Trinajstić information content (AvgIpc) is 2.83. The highest BCUT2D eigenvalue weighted by Crippen LogP contribution is 2.42. The summed E-state index contributed by atoms with van der Waals surface area (Å²) in [7, 11) is 2.70. The second-order valence-corrected chi connectivity index (χ2v) is 9.82. The number of carbonyl (C=O) groups is 3. The first-order valence-corrected chi connectivity index (χ1v) is 12.4. The molecule has 0 aromatic heterocycles. The Kier molecular flexibility index (Phi) is 8.77. The van der Waals surface area contributed by atoms with Crippen LogP contribution in [0.25, 0.3) is 0 Å². The lowest BCUT2D eigenvalue weighted by atomic mass is 9.78. The molecule has 0 fully saturated rings. The molecule has 0 aliphatic carbocycles. The van der Waals surface area contributed by atoms with Crippen LogP contribution in [0, 0.1) is 17.2 Å². The molecule has 2 atom stereocenters. The number of thioether (sulfide) groups is 1. The van der Waals surface area contributed by atoms with Crippen LogP contribution in [0.2, 0.25) is 0 Å². The van der Waals surface area contributed by atoms with Crippen molar-refractivity contribution < 1.29 is 23.9 Å². The predicted molar refractivity (Wildman–Crippen MR) is 135 cm³/mol. The van der Waals surface area contributed by atoms with Crippen molar-refractivity contribution in [2.24, 2.45) is 5.92 Å². The molecule has 1 aliphatic heterocycles. The van der Waals surface area contributed by atoms with E-state index >= 15 is 0 Å². The first-order valence-electron chi connectivity index (χ1n) is 9.83. The Morgan fingerprint density at radius 2 is 1.88 bits per heavy atom. The Morgan fingerprint density at radius 1 is 1.18 bits per heavy atom. The van der Waals surface area contributed by atoms with Crippen molar-refractivity contribution in [1.29, 1.82) is 5.26 Å². The quantitative estimate of drug-likeness (QED) is 0.355. The first-order chi connectivity index (χ1) is 16.3. The Morgan fingerprint density at radius 3 is 2.47 bits per heavy atom. The van der Waals surface area contributed by atoms with Crippen molar-refractivity contribution in [2.75, 3.05) is 25.3 Å². The minimum absolute atomic E-state index is 0.0568. The van der Waals surface area contributed by atoms with Gasteiger partial charge in [-0.2, -0.15) is 5.26 Å². The third-order valence-corrected chi connectivity index (χ3v) is 7.16. The summed E-state index contributed by atoms with van der Waals surface area (Å²) in [6.45, 7) is 0. The lowest BCUT2D eigenvalue weighted by Gasteiger charge is -2.31. The monoisotopic (exact) mass is 607 g/mol. The summed E-state index contributed by atoms with van der Waals surface area (Å²) in [5.41, 5.74) is 1.32. The zero-order valence-corrected chi connectivity index (χ0v) is 22.0. The Balaban J connectivity index is 1.92. The highest BCUT2D eigenvalue weighted by atomic mass is 79.9. The van der Waals surface area contributed by atoms with Gasteiger partial charge in [0, 0.05) is 16.1 Å². The lowest BCUT2D eigenvalue weighted by molar-refractivity contribution is -0.150. The van der Waals surface area contributed by atoms with Crippen LogP contribution in [-0.2, 0) is 19.1 Å². The molecule has 2 aromatic rings. The maximum Gasteiger partial charge on any atom is 0.319 e. The predicted octanol–water partition coefficient (Wildman–Crippen LogP) is 4.33. The minimum Gasteiger partial charge on any atom is -0.496 e. The standard InChI is InChI=1S/C23H19Br2N3O5S/c1-32-17-8-3-12(9-16(17)25)19-15(10-26)22(28-21(30)20(19)23(31)33-2)34-11-18(29)27-14-6-4-13(24)5-7-14/h3-9,19-20H,11H2,1-2H3,(H,27,29)(H,28,30)/t19-,20+/m0/s1. The molecule has 1 heterocycles. The van der Waals surface area contributed by atoms with Gasteiger partial charge in [-0.05, 0) is 57.9 Å². The summed E-state index contributed by atoms with van der Waals surface area (Å²) in [5.74, 6) is -3.35. The van der Waals surface area contributed by atoms with Gasteiger partial charge in [0.2, 0.25) is 11.8 Å². The van der Waals surface area contributed by atoms with E-state index in [2.05, 4.69) is 48.6 Å². The van der Waals surface area contributed by atoms with Crippen molar-refractivity contribution in [3.05, 3.63) is 67.6 Å². The van der Waals surface area contributed by atoms with Gasteiger partial charge in [0.25, 0.3) is 0 Å². The number of anilines is 1. The molecule has 1 aliphatic rings. The number of hydrogen-bond acceptors (Lipinski definition) is 7. The number of nitriles is 1. The van der Waals surface area contributed by atoms with Gasteiger partial charge in [-0.3, -0.25) is 14.4 Å². The number of allylic oxidation sites excluding steroid dienone is 1. The fourth-order valence-corrected chi connectivity index (χ4v) is 5.09. The molecule has 2 N–H and O–H groups in total. The molecular weight excluding hydrogens is 590 g/mol. The van der Waals surface area contributed by atoms with Crippen molar-refractivity contribution in [3.8, 4) is 11.8 Å². The number of hydrogen-bond donors (Lipinski definition) is 2. The maximum atomic E-state index is 12.9. The van der Waals surface area contributed by atoms with E-state index in [1.807, 2.05) is 0 Å². The summed E-state index contributed by atoms with van der Waals surface area (Å²) in [4.78, 5) is 37.9. The summed E-state index contributed by atoms with van der Waals surface area (Å²) in [6, 6.07) is 14.2. The fourth-order valence-electron chi connectivity index (χ4n) is 3.42. The summed E-state index contributed by atoms with van der Waals surface area (Å²) >= 11 is 7.75. The van der Waals surface area contributed by atoms with Gasteiger partial charge in [0.05, 0.1) is 41.1 Å². The highest BCUT2D eigenvalue weighted by molar-refractivity contribution is 9.10. The van der Waals surface area contributed by atoms with E-state index in [-0.39, 0.29) is 22.3 Å². The molecule has 34 heavy (non-hydrogen) atoms. The van der Waals surface area contributed by atoms with E-state index in [0.29, 0.717) is 21.5 Å². The topological polar surface area (TPSA) is 118 Å². The molecule has 0 spiro atoms. The molecule has 2 aromatic carbocycles. The molecular formula is C23H19Br2N3O5S. The van der Waals surface area contributed by atoms with Crippen molar-refractivity contribution in [1.82, 2.24) is 5.32 Å². The van der Waals surface area contributed by atoms with Gasteiger partial charge in [0.1, 0.15) is 11.7 Å². The third kappa shape index (κ3) is 5.81. The van der Waals surface area contributed by atoms with Gasteiger partial charge in [-0.15, -0.1) is 0 Å². The number of halogens is 2. The number of benzene rings is 2. The van der Waals surface area contributed by atoms with Crippen molar-refractivity contribution in [2.45, 2.75) is 5.92 Å². The van der Waals surface area contributed by atoms with Crippen LogP contribution in [-0.4, -0.2) is 37.8 Å². The zero-order chi connectivity index (χ0) is 24.8. The van der Waals surface area contributed by atoms with E-state index in [0.717, 1.165) is 16.2 Å². The number of rotatable bonds is 7. The first kappa shape index (κ1) is 25.8. The number of ether oxygens (including phenoxy) is 2. The van der Waals surface area contributed by atoms with E-state index in [9.17, 15) is 19.6 Å². The van der Waals surface area contributed by atoms with Crippen molar-refractivity contribution in [3.63, 3.8) is 0 Å². The molecule has 8 nitrogen and oxygen atoms in total. The molecule has 176 valence electrons. The van der Waals surface area contributed by atoms with Crippen LogP contribution in [0.4, 0.5) is 5.69 Å². The maximum absolute atomic E-state index is 12.9. The van der Waals surface area contributed by atoms with Crippen LogP contribution < -0.4 is 15.4 Å². The number of nitrogens with zero attached hydrogens (tertiary/aromatic N) is 1. The van der Waals surface area contributed by atoms with Crippen LogP contribution in [0.5, 0.6) is 5.75 Å². The molecule has 0 radical (unpaired) electrons. The largest absolute Gasteiger partial charge is 0.496 e. The van der Waals surface area contributed by atoms with E-state index < -0.39 is 23.7 Å². The molecule has 11 heteroatoms. The fraction of sp³-hybridized carbons (Fsp3) is 0.217. The van der Waals surface area contributed by atoms with E-state index in [4.69, 9.17) is 9.47 Å². The van der Waals surface area contributed by atoms with Crippen LogP contribution in [0.3, 0.4) is 0 Å². The van der Waals surface area contributed by atoms with Gasteiger partial charge in [-0.25, -0.2) is 0 Å². The van der Waals surface area contributed by atoms with E-state index in [1.54, 1.807) is 42.5 Å². The molecule has 3 rings (SSSR count). The SMILES string of the molecule is COC(=O)[C@H]1C(=O)NC(SCC(=O)Nc2ccc(Br)cc2)=C(C#N)[C@@H]1c1ccc(OC)c(Br)c1. The summed E-state index contributed by atoms with van der Waals surface area (Å²) < 4.78 is 11.6. The van der Waals surface area contributed by atoms with E-state index in [1.165, 1.54) is 14.2 Å². The second kappa shape index (κ2) is 11.6. The highest BCUT2D eigenvalue weighted by Gasteiger charge is 2.44. The smallest absolute Gasteiger partial charge is 0.319 e. The van der Waals surface area contributed by atoms with Crippen LogP contribution in [0.1, 0.15) is 11.5 Å². The number of carbonyl (C=O) groups excluding carboxylic acids is 3.